The van der Waals surface area contributed by atoms with Gasteiger partial charge in [0, 0.05) is 43.0 Å². The molecule has 1 heterocycles. The summed E-state index contributed by atoms with van der Waals surface area (Å²) in [5, 5.41) is 23.9. The van der Waals surface area contributed by atoms with Crippen LogP contribution in [0, 0.1) is 17.8 Å². The fourth-order valence-corrected chi connectivity index (χ4v) is 11.1. The van der Waals surface area contributed by atoms with Crippen molar-refractivity contribution in [3.8, 4) is 0 Å². The highest BCUT2D eigenvalue weighted by Gasteiger charge is 2.46. The normalized spacial score (nSPS) is 16.8. The minimum absolute atomic E-state index is 0.00871. The van der Waals surface area contributed by atoms with Crippen LogP contribution in [0.2, 0.25) is 0 Å². The second-order valence-electron chi connectivity index (χ2n) is 22.2. The first-order valence-corrected chi connectivity index (χ1v) is 31.0. The Morgan fingerprint density at radius 1 is 0.464 bits per heavy atom. The number of ether oxygens (including phenoxy) is 2. The molecule has 0 aliphatic carbocycles. The molecule has 5 unspecified atom stereocenters. The van der Waals surface area contributed by atoms with Crippen LogP contribution in [0.1, 0.15) is 335 Å². The van der Waals surface area contributed by atoms with Crippen molar-refractivity contribution >= 4 is 17.7 Å². The average molecular weight is 975 g/mol. The fourth-order valence-electron chi connectivity index (χ4n) is 11.1. The van der Waals surface area contributed by atoms with Crippen molar-refractivity contribution in [2.45, 2.75) is 348 Å². The van der Waals surface area contributed by atoms with Crippen LogP contribution in [0.4, 0.5) is 0 Å². The lowest BCUT2D eigenvalue weighted by Gasteiger charge is -2.34. The quantitative estimate of drug-likeness (QED) is 0.0477. The number of carbonyl (C=O) groups excluding carboxylic acids is 3. The number of ketones is 1. The SMILES string of the molecule is CCCCCCCCCCCCCCCCCC(=O)CC(COC(=O)CCCCCCCCCCCCCCCCC)C1OCC(O)C1C(CCCCCCCCCCCCCCCCC)C(=O)[O-]. The van der Waals surface area contributed by atoms with Crippen molar-refractivity contribution in [2.24, 2.45) is 17.8 Å². The average Bonchev–Trinajstić information content (AvgIpc) is 3.72. The van der Waals surface area contributed by atoms with Gasteiger partial charge in [0.25, 0.3) is 0 Å². The second-order valence-corrected chi connectivity index (χ2v) is 22.2. The van der Waals surface area contributed by atoms with Crippen LogP contribution in [-0.2, 0) is 23.9 Å². The second kappa shape index (κ2) is 50.1. The van der Waals surface area contributed by atoms with Crippen LogP contribution >= 0.6 is 0 Å². The maximum Gasteiger partial charge on any atom is 0.305 e. The van der Waals surface area contributed by atoms with Crippen molar-refractivity contribution in [1.29, 1.82) is 0 Å². The summed E-state index contributed by atoms with van der Waals surface area (Å²) < 4.78 is 12.0. The number of hydrogen-bond donors (Lipinski definition) is 1. The molecule has 408 valence electrons. The van der Waals surface area contributed by atoms with E-state index >= 15 is 0 Å². The fraction of sp³-hybridized carbons (Fsp3) is 0.952. The number of aliphatic carboxylic acids is 1. The molecule has 0 aromatic carbocycles. The summed E-state index contributed by atoms with van der Waals surface area (Å²) in [5.74, 6) is -3.40. The van der Waals surface area contributed by atoms with Crippen LogP contribution in [0.3, 0.4) is 0 Å². The van der Waals surface area contributed by atoms with E-state index < -0.39 is 35.9 Å². The van der Waals surface area contributed by atoms with Crippen molar-refractivity contribution in [3.63, 3.8) is 0 Å². The Labute approximate surface area is 428 Å². The number of carboxylic acids is 1. The first-order valence-electron chi connectivity index (χ1n) is 31.0. The Kier molecular flexibility index (Phi) is 47.6. The molecular weight excluding hydrogens is 857 g/mol. The van der Waals surface area contributed by atoms with E-state index in [1.165, 1.54) is 231 Å². The first kappa shape index (κ1) is 65.5. The van der Waals surface area contributed by atoms with Crippen molar-refractivity contribution < 1.29 is 34.1 Å². The van der Waals surface area contributed by atoms with E-state index in [9.17, 15) is 24.6 Å². The monoisotopic (exact) mass is 974 g/mol. The molecule has 7 heteroatoms. The molecule has 0 bridgehead atoms. The predicted octanol–water partition coefficient (Wildman–Crippen LogP) is 17.6. The highest BCUT2D eigenvalue weighted by atomic mass is 16.5. The van der Waals surface area contributed by atoms with E-state index in [4.69, 9.17) is 9.47 Å². The number of aliphatic hydroxyl groups is 1. The van der Waals surface area contributed by atoms with Crippen molar-refractivity contribution in [1.82, 2.24) is 0 Å². The summed E-state index contributed by atoms with van der Waals surface area (Å²) in [6, 6.07) is 0. The molecule has 1 aliphatic rings. The topological polar surface area (TPSA) is 113 Å². The van der Waals surface area contributed by atoms with E-state index in [0.29, 0.717) is 19.3 Å². The summed E-state index contributed by atoms with van der Waals surface area (Å²) >= 11 is 0. The number of carboxylic acid groups (broad SMARTS) is 1. The highest BCUT2D eigenvalue weighted by molar-refractivity contribution is 5.78. The van der Waals surface area contributed by atoms with Gasteiger partial charge in [-0.25, -0.2) is 0 Å². The van der Waals surface area contributed by atoms with Gasteiger partial charge in [-0.2, -0.15) is 0 Å². The largest absolute Gasteiger partial charge is 0.550 e. The Morgan fingerprint density at radius 2 is 0.768 bits per heavy atom. The van der Waals surface area contributed by atoms with Crippen molar-refractivity contribution in [2.75, 3.05) is 13.2 Å². The van der Waals surface area contributed by atoms with Crippen molar-refractivity contribution in [3.05, 3.63) is 0 Å². The Bertz CT molecular complexity index is 1130. The molecule has 1 rings (SSSR count). The van der Waals surface area contributed by atoms with Gasteiger partial charge < -0.3 is 24.5 Å². The summed E-state index contributed by atoms with van der Waals surface area (Å²) in [4.78, 5) is 39.3. The van der Waals surface area contributed by atoms with Gasteiger partial charge in [0.1, 0.15) is 5.78 Å². The van der Waals surface area contributed by atoms with Gasteiger partial charge >= 0.3 is 5.97 Å². The lowest BCUT2D eigenvalue weighted by atomic mass is 9.76. The number of carbonyl (C=O) groups is 3. The standard InChI is InChI=1S/C62H118O7/c1-4-7-10-13-16-19-22-25-28-31-34-37-40-43-46-49-56(63)52-55(53-68-59(65)51-48-45-42-39-36-33-30-27-24-21-18-15-12-9-6-3)61-60(58(64)54-69-61)57(62(66)67)50-47-44-41-38-35-32-29-26-23-20-17-14-11-8-5-2/h55,57-58,60-61,64H,4-54H2,1-3H3,(H,66,67)/p-1. The Hall–Kier alpha value is -1.47. The minimum atomic E-state index is -1.16. The molecule has 1 N–H and O–H groups in total. The van der Waals surface area contributed by atoms with Crippen LogP contribution in [0.15, 0.2) is 0 Å². The van der Waals surface area contributed by atoms with Gasteiger partial charge in [0.2, 0.25) is 0 Å². The zero-order chi connectivity index (χ0) is 50.1. The molecular formula is C62H117O7-. The van der Waals surface area contributed by atoms with E-state index in [1.807, 2.05) is 0 Å². The van der Waals surface area contributed by atoms with Crippen LogP contribution < -0.4 is 5.11 Å². The van der Waals surface area contributed by atoms with Gasteiger partial charge in [0.05, 0.1) is 25.4 Å². The van der Waals surface area contributed by atoms with E-state index in [2.05, 4.69) is 20.8 Å². The molecule has 0 aromatic heterocycles. The lowest BCUT2D eigenvalue weighted by Crippen LogP contribution is -2.45. The smallest absolute Gasteiger partial charge is 0.305 e. The van der Waals surface area contributed by atoms with Gasteiger partial charge in [0.15, 0.2) is 0 Å². The highest BCUT2D eigenvalue weighted by Crippen LogP contribution is 2.37. The van der Waals surface area contributed by atoms with E-state index in [0.717, 1.165) is 57.8 Å². The molecule has 0 spiro atoms. The summed E-state index contributed by atoms with van der Waals surface area (Å²) in [5.41, 5.74) is 0. The minimum Gasteiger partial charge on any atom is -0.550 e. The van der Waals surface area contributed by atoms with Gasteiger partial charge in [-0.15, -0.1) is 0 Å². The number of aliphatic hydroxyl groups excluding tert-OH is 1. The van der Waals surface area contributed by atoms with E-state index in [1.54, 1.807) is 0 Å². The van der Waals surface area contributed by atoms with Gasteiger partial charge in [-0.1, -0.05) is 297 Å². The maximum atomic E-state index is 13.6. The van der Waals surface area contributed by atoms with Crippen LogP contribution in [0.25, 0.3) is 0 Å². The third kappa shape index (κ3) is 39.7. The van der Waals surface area contributed by atoms with Gasteiger partial charge in [-0.3, -0.25) is 9.59 Å². The first-order chi connectivity index (χ1) is 33.8. The Morgan fingerprint density at radius 3 is 1.10 bits per heavy atom. The summed E-state index contributed by atoms with van der Waals surface area (Å²) in [6.07, 6.45) is 56.4. The molecule has 5 atom stereocenters. The molecule has 0 saturated carbocycles. The summed E-state index contributed by atoms with van der Waals surface area (Å²) in [6.45, 7) is 6.84. The Balaban J connectivity index is 2.57. The molecule has 0 aromatic rings. The molecule has 1 aliphatic heterocycles. The predicted molar refractivity (Wildman–Crippen MR) is 290 cm³/mol. The number of unbranched alkanes of at least 4 members (excludes halogenated alkanes) is 42. The maximum absolute atomic E-state index is 13.6. The van der Waals surface area contributed by atoms with Crippen LogP contribution in [0.5, 0.6) is 0 Å². The van der Waals surface area contributed by atoms with E-state index in [-0.39, 0.29) is 31.4 Å². The zero-order valence-electron chi connectivity index (χ0n) is 46.3. The molecule has 69 heavy (non-hydrogen) atoms. The van der Waals surface area contributed by atoms with Gasteiger partial charge in [-0.05, 0) is 19.3 Å². The molecule has 1 fully saturated rings. The lowest BCUT2D eigenvalue weighted by molar-refractivity contribution is -0.315. The number of hydrogen-bond acceptors (Lipinski definition) is 7. The summed E-state index contributed by atoms with van der Waals surface area (Å²) in [7, 11) is 0. The molecule has 7 nitrogen and oxygen atoms in total. The van der Waals surface area contributed by atoms with Crippen LogP contribution in [-0.4, -0.2) is 48.3 Å². The number of esters is 1. The third-order valence-electron chi connectivity index (χ3n) is 15.6. The number of Topliss-reactive ketones (excluding diaryl/α,β-unsaturated/α-hetero) is 1. The molecule has 1 saturated heterocycles. The third-order valence-corrected chi connectivity index (χ3v) is 15.6. The number of rotatable bonds is 55. The zero-order valence-corrected chi connectivity index (χ0v) is 46.3. The molecule has 0 amide bonds. The molecule has 0 radical (unpaired) electrons.